The first-order valence-corrected chi connectivity index (χ1v) is 26.9. The number of para-hydroxylation sites is 2. The molecule has 11 aromatic rings. The van der Waals surface area contributed by atoms with Crippen molar-refractivity contribution in [3.8, 4) is 78.6 Å². The molecule has 0 unspecified atom stereocenters. The molecule has 9 aromatic carbocycles. The third-order valence-electron chi connectivity index (χ3n) is 16.0. The summed E-state index contributed by atoms with van der Waals surface area (Å²) in [5.41, 5.74) is 18.9. The fourth-order valence-corrected chi connectivity index (χ4v) is 11.7. The maximum absolute atomic E-state index is 12.4. The molecule has 12 rings (SSSR count). The largest absolute Gasteiger partial charge is 0.507 e. The summed E-state index contributed by atoms with van der Waals surface area (Å²) in [6, 6.07) is 83.6. The Hall–Kier alpha value is -7.91. The van der Waals surface area contributed by atoms with Crippen LogP contribution in [0.5, 0.6) is 5.75 Å². The van der Waals surface area contributed by atoms with Crippen LogP contribution in [0.15, 0.2) is 231 Å². The van der Waals surface area contributed by atoms with E-state index in [9.17, 15) is 5.11 Å². The van der Waals surface area contributed by atoms with E-state index in [-0.39, 0.29) is 37.6 Å². The SMILES string of the molecule is CC(C)(C)c1cc(-c2cc(-c3ccc(C(C)(c4ccccc4)c4ccccc4)cc3)ccn2)[c-]c(-c2cccc3c2nc(-c2cccc(-c4ccccc4)c2O)n3-c2ccc(CC3CCCC3)cc2-c2ccccc2)c1.[Pt]. The third kappa shape index (κ3) is 10.0. The van der Waals surface area contributed by atoms with Gasteiger partial charge in [-0.05, 0) is 99.5 Å². The molecule has 0 spiro atoms. The van der Waals surface area contributed by atoms with E-state index in [0.717, 1.165) is 78.9 Å². The van der Waals surface area contributed by atoms with Gasteiger partial charge in [0.15, 0.2) is 0 Å². The molecule has 1 fully saturated rings. The summed E-state index contributed by atoms with van der Waals surface area (Å²) < 4.78 is 2.28. The number of imidazole rings is 1. The van der Waals surface area contributed by atoms with Gasteiger partial charge in [-0.3, -0.25) is 9.55 Å². The Kier molecular flexibility index (Phi) is 14.4. The summed E-state index contributed by atoms with van der Waals surface area (Å²) in [4.78, 5) is 10.7. The maximum atomic E-state index is 12.4. The van der Waals surface area contributed by atoms with Gasteiger partial charge in [0.05, 0.1) is 22.3 Å². The van der Waals surface area contributed by atoms with Crippen LogP contribution in [0, 0.1) is 12.0 Å². The number of hydrogen-bond donors (Lipinski definition) is 1. The molecular weight excluding hydrogens is 1120 g/mol. The first-order chi connectivity index (χ1) is 37.1. The number of nitrogens with zero attached hydrogens (tertiary/aromatic N) is 3. The molecule has 0 aliphatic heterocycles. The van der Waals surface area contributed by atoms with Crippen molar-refractivity contribution in [1.82, 2.24) is 14.5 Å². The minimum atomic E-state index is -0.335. The van der Waals surface area contributed by atoms with Gasteiger partial charge in [-0.2, -0.15) is 0 Å². The van der Waals surface area contributed by atoms with Gasteiger partial charge in [0, 0.05) is 49.5 Å². The Morgan fingerprint density at radius 2 is 1.08 bits per heavy atom. The number of pyridine rings is 1. The van der Waals surface area contributed by atoms with Crippen molar-refractivity contribution in [2.75, 3.05) is 0 Å². The van der Waals surface area contributed by atoms with Gasteiger partial charge in [0.25, 0.3) is 0 Å². The number of aromatic nitrogens is 3. The van der Waals surface area contributed by atoms with Crippen LogP contribution >= 0.6 is 0 Å². The predicted molar refractivity (Wildman–Crippen MR) is 315 cm³/mol. The normalized spacial score (nSPS) is 12.9. The Labute approximate surface area is 468 Å². The summed E-state index contributed by atoms with van der Waals surface area (Å²) in [7, 11) is 0. The number of fused-ring (bicyclic) bond motifs is 1. The molecule has 0 bridgehead atoms. The predicted octanol–water partition coefficient (Wildman–Crippen LogP) is 18.3. The number of phenols is 1. The van der Waals surface area contributed by atoms with Crippen LogP contribution in [0.2, 0.25) is 0 Å². The number of rotatable bonds is 12. The van der Waals surface area contributed by atoms with Crippen molar-refractivity contribution < 1.29 is 26.2 Å². The van der Waals surface area contributed by atoms with Gasteiger partial charge < -0.3 is 5.11 Å². The maximum Gasteiger partial charge on any atom is 0.148 e. The topological polar surface area (TPSA) is 50.9 Å². The first-order valence-electron chi connectivity index (χ1n) is 26.9. The van der Waals surface area contributed by atoms with Crippen molar-refractivity contribution in [2.45, 2.75) is 70.6 Å². The third-order valence-corrected chi connectivity index (χ3v) is 16.0. The molecule has 382 valence electrons. The van der Waals surface area contributed by atoms with Crippen molar-refractivity contribution in [3.63, 3.8) is 0 Å². The second-order valence-electron chi connectivity index (χ2n) is 21.9. The van der Waals surface area contributed by atoms with Crippen LogP contribution in [0.25, 0.3) is 83.9 Å². The van der Waals surface area contributed by atoms with Crippen LogP contribution in [0.4, 0.5) is 0 Å². The second kappa shape index (κ2) is 21.6. The van der Waals surface area contributed by atoms with E-state index < -0.39 is 0 Å². The molecule has 0 amide bonds. The zero-order chi connectivity index (χ0) is 51.8. The van der Waals surface area contributed by atoms with E-state index in [1.165, 1.54) is 53.5 Å². The standard InChI is InChI=1S/C72H62N3O.Pt/c1-71(2,3)60-46-55(45-56(47-60)65-48-54(41-42-73-65)51-36-38-59(39-37-51)72(4,57-27-13-7-14-28-57)58-29-15-8-16-30-58)61-31-20-34-67-68(61)74-70(63-33-19-32-62(69(63)76)52-23-9-5-10-24-52)75(67)66-40-35-50(43-49-21-17-18-22-49)44-64(66)53-25-11-6-12-26-53;/h5-16,19-20,23-42,44,46-49,76H,17-18,21-22,43H2,1-4H3;/q-1;. The van der Waals surface area contributed by atoms with E-state index in [1.54, 1.807) is 0 Å². The average molecular weight is 1180 g/mol. The molecule has 2 aromatic heterocycles. The second-order valence-corrected chi connectivity index (χ2v) is 21.9. The van der Waals surface area contributed by atoms with Gasteiger partial charge in [-0.15, -0.1) is 29.3 Å². The number of aromatic hydroxyl groups is 1. The van der Waals surface area contributed by atoms with E-state index in [0.29, 0.717) is 17.3 Å². The molecule has 0 saturated heterocycles. The Balaban J connectivity index is 0.00000631. The molecule has 1 saturated carbocycles. The van der Waals surface area contributed by atoms with Gasteiger partial charge in [0.1, 0.15) is 11.6 Å². The van der Waals surface area contributed by atoms with Gasteiger partial charge in [-0.1, -0.05) is 240 Å². The van der Waals surface area contributed by atoms with Crippen molar-refractivity contribution in [2.24, 2.45) is 5.92 Å². The Morgan fingerprint density at radius 3 is 1.73 bits per heavy atom. The van der Waals surface area contributed by atoms with Crippen LogP contribution < -0.4 is 0 Å². The molecule has 4 nitrogen and oxygen atoms in total. The molecule has 77 heavy (non-hydrogen) atoms. The van der Waals surface area contributed by atoms with Crippen molar-refractivity contribution >= 4 is 11.0 Å². The summed E-state index contributed by atoms with van der Waals surface area (Å²) in [6.45, 7) is 9.11. The zero-order valence-corrected chi connectivity index (χ0v) is 46.4. The molecular formula is C72H62N3OPt-. The van der Waals surface area contributed by atoms with Crippen molar-refractivity contribution in [3.05, 3.63) is 265 Å². The Bertz CT molecular complexity index is 3800. The summed E-state index contributed by atoms with van der Waals surface area (Å²) in [5.74, 6) is 1.56. The minimum Gasteiger partial charge on any atom is -0.507 e. The van der Waals surface area contributed by atoms with Crippen LogP contribution in [-0.4, -0.2) is 19.6 Å². The van der Waals surface area contributed by atoms with Crippen molar-refractivity contribution in [1.29, 1.82) is 0 Å². The number of hydrogen-bond acceptors (Lipinski definition) is 3. The van der Waals surface area contributed by atoms with Gasteiger partial charge in [0.2, 0.25) is 0 Å². The van der Waals surface area contributed by atoms with E-state index >= 15 is 0 Å². The van der Waals surface area contributed by atoms with Crippen LogP contribution in [0.1, 0.15) is 81.2 Å². The van der Waals surface area contributed by atoms with Crippen LogP contribution in [0.3, 0.4) is 0 Å². The fourth-order valence-electron chi connectivity index (χ4n) is 11.7. The molecule has 1 aliphatic carbocycles. The quantitative estimate of drug-likeness (QED) is 0.0980. The number of benzene rings is 9. The van der Waals surface area contributed by atoms with Crippen LogP contribution in [-0.2, 0) is 38.3 Å². The molecule has 0 radical (unpaired) electrons. The smallest absolute Gasteiger partial charge is 0.148 e. The number of phenolic OH excluding ortho intramolecular Hbond substituents is 1. The van der Waals surface area contributed by atoms with E-state index in [2.05, 4.69) is 214 Å². The zero-order valence-electron chi connectivity index (χ0n) is 44.2. The fraction of sp³-hybridized carbons (Fsp3) is 0.167. The molecule has 0 atom stereocenters. The summed E-state index contributed by atoms with van der Waals surface area (Å²) in [6.07, 6.45) is 8.18. The molecule has 1 N–H and O–H groups in total. The van der Waals surface area contributed by atoms with Gasteiger partial charge >= 0.3 is 0 Å². The molecule has 5 heteroatoms. The minimum absolute atomic E-state index is 0. The summed E-state index contributed by atoms with van der Waals surface area (Å²) >= 11 is 0. The molecule has 2 heterocycles. The Morgan fingerprint density at radius 1 is 0.506 bits per heavy atom. The van der Waals surface area contributed by atoms with E-state index in [4.69, 9.17) is 9.97 Å². The van der Waals surface area contributed by atoms with Gasteiger partial charge in [-0.25, -0.2) is 4.98 Å². The molecule has 1 aliphatic rings. The monoisotopic (exact) mass is 1180 g/mol. The summed E-state index contributed by atoms with van der Waals surface area (Å²) in [5, 5.41) is 12.4. The van der Waals surface area contributed by atoms with E-state index in [1.807, 2.05) is 54.7 Å². The first kappa shape index (κ1) is 51.2. The average Bonchev–Trinajstić information content (AvgIpc) is 4.21.